The van der Waals surface area contributed by atoms with E-state index in [1.165, 1.54) is 4.90 Å². The number of carbonyl (C=O) groups excluding carboxylic acids is 1. The van der Waals surface area contributed by atoms with Crippen molar-refractivity contribution in [2.75, 3.05) is 0 Å². The minimum Gasteiger partial charge on any atom is -0.480 e. The van der Waals surface area contributed by atoms with Gasteiger partial charge in [0.15, 0.2) is 0 Å². The average Bonchev–Trinajstić information content (AvgIpc) is 2.97. The molecule has 4 atom stereocenters. The van der Waals surface area contributed by atoms with Gasteiger partial charge in [-0.05, 0) is 12.5 Å². The Labute approximate surface area is 121 Å². The number of aliphatic imine (C=N–C) groups is 1. The van der Waals surface area contributed by atoms with Crippen molar-refractivity contribution in [1.82, 2.24) is 4.90 Å². The van der Waals surface area contributed by atoms with Crippen LogP contribution in [-0.4, -0.2) is 39.7 Å². The van der Waals surface area contributed by atoms with Gasteiger partial charge in [-0.15, -0.1) is 0 Å². The fraction of sp³-hybridized carbons (Fsp3) is 0.400. The van der Waals surface area contributed by atoms with Crippen LogP contribution in [0.1, 0.15) is 12.8 Å². The summed E-state index contributed by atoms with van der Waals surface area (Å²) >= 11 is 0. The van der Waals surface area contributed by atoms with Crippen LogP contribution in [0.4, 0.5) is 0 Å². The molecule has 2 unspecified atom stereocenters. The number of hydrogen-bond acceptors (Lipinski definition) is 4. The Kier molecular flexibility index (Phi) is 2.47. The number of nitrogens with zero attached hydrogens (tertiary/aromatic N) is 2. The number of hydrogen-bond donors (Lipinski definition) is 2. The van der Waals surface area contributed by atoms with E-state index in [1.54, 1.807) is 0 Å². The second-order valence-corrected chi connectivity index (χ2v) is 5.85. The molecule has 3 aliphatic heterocycles. The molecule has 1 aliphatic carbocycles. The highest BCUT2D eigenvalue weighted by atomic mass is 16.4. The fourth-order valence-electron chi connectivity index (χ4n) is 3.76. The van der Waals surface area contributed by atoms with E-state index in [0.29, 0.717) is 18.5 Å². The number of fused-ring (bicyclic) bond motifs is 4. The Hall–Kier alpha value is -2.21. The van der Waals surface area contributed by atoms with Crippen molar-refractivity contribution in [3.8, 4) is 0 Å². The van der Waals surface area contributed by atoms with Crippen molar-refractivity contribution in [2.24, 2.45) is 22.6 Å². The Morgan fingerprint density at radius 2 is 2.24 bits per heavy atom. The van der Waals surface area contributed by atoms with Gasteiger partial charge in [0.1, 0.15) is 6.04 Å². The van der Waals surface area contributed by atoms with Crippen LogP contribution in [0.3, 0.4) is 0 Å². The zero-order valence-corrected chi connectivity index (χ0v) is 11.3. The summed E-state index contributed by atoms with van der Waals surface area (Å²) in [5.41, 5.74) is 8.34. The molecule has 0 radical (unpaired) electrons. The van der Waals surface area contributed by atoms with Gasteiger partial charge >= 0.3 is 5.97 Å². The zero-order chi connectivity index (χ0) is 14.7. The topological polar surface area (TPSA) is 96.0 Å². The number of nitrogens with two attached hydrogens (primary N) is 1. The molecule has 0 aromatic carbocycles. The fourth-order valence-corrected chi connectivity index (χ4v) is 3.76. The van der Waals surface area contributed by atoms with Crippen LogP contribution in [0.15, 0.2) is 40.7 Å². The minimum atomic E-state index is -0.974. The SMILES string of the molecule is N[C@H]1CC2=C3N=C4C=CC=CC4C3C[C@@H](C(=O)O)N2C1=O. The van der Waals surface area contributed by atoms with Gasteiger partial charge in [0.2, 0.25) is 5.91 Å². The molecule has 0 spiro atoms. The smallest absolute Gasteiger partial charge is 0.326 e. The lowest BCUT2D eigenvalue weighted by Crippen LogP contribution is -2.48. The number of amides is 1. The highest BCUT2D eigenvalue weighted by Gasteiger charge is 2.51. The van der Waals surface area contributed by atoms with Crippen LogP contribution >= 0.6 is 0 Å². The second-order valence-electron chi connectivity index (χ2n) is 5.85. The van der Waals surface area contributed by atoms with Crippen LogP contribution in [0.25, 0.3) is 0 Å². The second kappa shape index (κ2) is 4.14. The van der Waals surface area contributed by atoms with E-state index in [0.717, 1.165) is 11.4 Å². The number of allylic oxidation sites excluding steroid dienone is 5. The van der Waals surface area contributed by atoms with Crippen LogP contribution in [0.2, 0.25) is 0 Å². The maximum atomic E-state index is 12.2. The summed E-state index contributed by atoms with van der Waals surface area (Å²) in [4.78, 5) is 29.8. The molecule has 4 rings (SSSR count). The van der Waals surface area contributed by atoms with Crippen LogP contribution in [0, 0.1) is 11.8 Å². The molecule has 108 valence electrons. The number of aliphatic carboxylic acids is 1. The van der Waals surface area contributed by atoms with Gasteiger partial charge in [-0.2, -0.15) is 0 Å². The van der Waals surface area contributed by atoms with Gasteiger partial charge in [0, 0.05) is 29.7 Å². The van der Waals surface area contributed by atoms with Gasteiger partial charge in [-0.25, -0.2) is 4.79 Å². The molecule has 0 saturated carbocycles. The Morgan fingerprint density at radius 1 is 1.43 bits per heavy atom. The normalized spacial score (nSPS) is 36.5. The highest BCUT2D eigenvalue weighted by molar-refractivity contribution is 6.03. The molecule has 1 fully saturated rings. The molecule has 0 aromatic heterocycles. The first-order valence-electron chi connectivity index (χ1n) is 7.06. The van der Waals surface area contributed by atoms with Crippen LogP contribution < -0.4 is 5.73 Å². The van der Waals surface area contributed by atoms with Crippen molar-refractivity contribution in [3.05, 3.63) is 35.7 Å². The van der Waals surface area contributed by atoms with Crippen molar-refractivity contribution in [3.63, 3.8) is 0 Å². The maximum Gasteiger partial charge on any atom is 0.326 e. The highest BCUT2D eigenvalue weighted by Crippen LogP contribution is 2.46. The third-order valence-electron chi connectivity index (χ3n) is 4.70. The molecule has 1 saturated heterocycles. The predicted octanol–water partition coefficient (Wildman–Crippen LogP) is 0.427. The molecule has 4 aliphatic rings. The summed E-state index contributed by atoms with van der Waals surface area (Å²) in [6.45, 7) is 0. The molecular weight excluding hydrogens is 270 g/mol. The average molecular weight is 285 g/mol. The van der Waals surface area contributed by atoms with Gasteiger partial charge in [-0.3, -0.25) is 14.7 Å². The lowest BCUT2D eigenvalue weighted by molar-refractivity contribution is -0.148. The largest absolute Gasteiger partial charge is 0.480 e. The summed E-state index contributed by atoms with van der Waals surface area (Å²) in [6.07, 6.45) is 8.67. The molecule has 0 aromatic rings. The molecule has 3 N–H and O–H groups in total. The van der Waals surface area contributed by atoms with Gasteiger partial charge in [-0.1, -0.05) is 18.2 Å². The molecule has 6 nitrogen and oxygen atoms in total. The predicted molar refractivity (Wildman–Crippen MR) is 75.2 cm³/mol. The lowest BCUT2D eigenvalue weighted by Gasteiger charge is -2.35. The van der Waals surface area contributed by atoms with E-state index >= 15 is 0 Å². The minimum absolute atomic E-state index is 0.0339. The molecule has 21 heavy (non-hydrogen) atoms. The first-order chi connectivity index (χ1) is 10.1. The van der Waals surface area contributed by atoms with E-state index in [4.69, 9.17) is 5.73 Å². The Bertz CT molecular complexity index is 674. The van der Waals surface area contributed by atoms with E-state index < -0.39 is 18.1 Å². The molecular formula is C15H15N3O3. The van der Waals surface area contributed by atoms with Crippen molar-refractivity contribution < 1.29 is 14.7 Å². The first-order valence-corrected chi connectivity index (χ1v) is 7.06. The quantitative estimate of drug-likeness (QED) is 0.730. The molecule has 0 bridgehead atoms. The summed E-state index contributed by atoms with van der Waals surface area (Å²) < 4.78 is 0. The Balaban J connectivity index is 1.85. The lowest BCUT2D eigenvalue weighted by atomic mass is 9.80. The monoisotopic (exact) mass is 285 g/mol. The summed E-state index contributed by atoms with van der Waals surface area (Å²) in [6, 6.07) is -1.48. The third kappa shape index (κ3) is 1.59. The van der Waals surface area contributed by atoms with Gasteiger partial charge in [0.25, 0.3) is 0 Å². The van der Waals surface area contributed by atoms with Gasteiger partial charge in [0.05, 0.1) is 11.7 Å². The first kappa shape index (κ1) is 12.5. The van der Waals surface area contributed by atoms with E-state index in [1.807, 2.05) is 18.2 Å². The van der Waals surface area contributed by atoms with E-state index in [2.05, 4.69) is 11.1 Å². The van der Waals surface area contributed by atoms with Crippen molar-refractivity contribution in [2.45, 2.75) is 24.9 Å². The van der Waals surface area contributed by atoms with Crippen LogP contribution in [0.5, 0.6) is 0 Å². The van der Waals surface area contributed by atoms with Crippen molar-refractivity contribution in [1.29, 1.82) is 0 Å². The standard InChI is InChI=1S/C15H15N3O3/c16-9-6-11-13-8(7-3-1-2-4-10(7)17-13)5-12(15(20)21)18(11)14(9)19/h1-4,7-9,12H,5-6,16H2,(H,20,21)/t7?,8?,9-,12-/m0/s1. The number of carbonyl (C=O) groups is 2. The van der Waals surface area contributed by atoms with Crippen molar-refractivity contribution >= 4 is 17.6 Å². The molecule has 1 amide bonds. The maximum absolute atomic E-state index is 12.2. The number of carboxylic acids is 1. The third-order valence-corrected chi connectivity index (χ3v) is 4.70. The molecule has 6 heteroatoms. The molecule has 3 heterocycles. The number of rotatable bonds is 1. The summed E-state index contributed by atoms with van der Waals surface area (Å²) in [5, 5.41) is 9.48. The Morgan fingerprint density at radius 3 is 3.00 bits per heavy atom. The zero-order valence-electron chi connectivity index (χ0n) is 11.3. The van der Waals surface area contributed by atoms with Gasteiger partial charge < -0.3 is 10.8 Å². The van der Waals surface area contributed by atoms with E-state index in [9.17, 15) is 14.7 Å². The van der Waals surface area contributed by atoms with E-state index in [-0.39, 0.29) is 17.7 Å². The van der Waals surface area contributed by atoms with Crippen LogP contribution in [-0.2, 0) is 9.59 Å². The summed E-state index contributed by atoms with van der Waals surface area (Å²) in [7, 11) is 0. The summed E-state index contributed by atoms with van der Waals surface area (Å²) in [5.74, 6) is -1.12. The number of carboxylic acid groups (broad SMARTS) is 1.